The maximum Gasteiger partial charge on any atom is 2.00 e. The molecule has 5 aromatic rings. The van der Waals surface area contributed by atoms with E-state index < -0.39 is 0 Å². The van der Waals surface area contributed by atoms with Crippen LogP contribution in [0.25, 0.3) is 45.1 Å². The van der Waals surface area contributed by atoms with Crippen LogP contribution in [0.5, 0.6) is 0 Å². The van der Waals surface area contributed by atoms with Gasteiger partial charge in [0.15, 0.2) is 11.6 Å². The molecule has 0 N–H and O–H groups in total. The number of rotatable bonds is 10. The molecule has 0 fully saturated rings. The van der Waals surface area contributed by atoms with Crippen LogP contribution in [0, 0.1) is 0 Å². The van der Waals surface area contributed by atoms with Gasteiger partial charge in [0.1, 0.15) is 11.4 Å². The molecule has 0 spiro atoms. The Labute approximate surface area is 253 Å². The van der Waals surface area contributed by atoms with E-state index in [2.05, 4.69) is 101 Å². The SMILES string of the molecule is CCN(CC)Cn1c(-c2cccc(-c3nc4ccccc4n3CN(CC)CC)n2)nc2ccccc21.[Cl-].[Cl-].[Co+2]. The summed E-state index contributed by atoms with van der Waals surface area (Å²) >= 11 is 0. The van der Waals surface area contributed by atoms with Gasteiger partial charge in [-0.1, -0.05) is 58.0 Å². The first-order valence-electron chi connectivity index (χ1n) is 13.0. The maximum atomic E-state index is 5.14. The third-order valence-corrected chi connectivity index (χ3v) is 6.99. The van der Waals surface area contributed by atoms with E-state index in [1.54, 1.807) is 0 Å². The van der Waals surface area contributed by atoms with Gasteiger partial charge in [0.25, 0.3) is 0 Å². The second-order valence-corrected chi connectivity index (χ2v) is 9.00. The Kier molecular flexibility index (Phi) is 12.4. The molecule has 3 aromatic heterocycles. The number of hydrogen-bond acceptors (Lipinski definition) is 5. The normalized spacial score (nSPS) is 11.0. The number of hydrogen-bond donors (Lipinski definition) is 0. The summed E-state index contributed by atoms with van der Waals surface area (Å²) in [6.45, 7) is 14.2. The monoisotopic (exact) mass is 610 g/mol. The van der Waals surface area contributed by atoms with E-state index in [9.17, 15) is 0 Å². The first-order valence-corrected chi connectivity index (χ1v) is 13.0. The number of para-hydroxylation sites is 4. The van der Waals surface area contributed by atoms with Gasteiger partial charge in [-0.25, -0.2) is 15.0 Å². The third-order valence-electron chi connectivity index (χ3n) is 6.99. The predicted molar refractivity (Wildman–Crippen MR) is 148 cm³/mol. The van der Waals surface area contributed by atoms with E-state index >= 15 is 0 Å². The zero-order valence-electron chi connectivity index (χ0n) is 22.8. The van der Waals surface area contributed by atoms with Crippen molar-refractivity contribution >= 4 is 22.1 Å². The largest absolute Gasteiger partial charge is 2.00 e. The molecule has 0 saturated carbocycles. The summed E-state index contributed by atoms with van der Waals surface area (Å²) in [7, 11) is 0. The first-order chi connectivity index (χ1) is 17.7. The molecule has 209 valence electrons. The molecular formula is C29H35Cl2CoN7. The molecule has 0 saturated heterocycles. The van der Waals surface area contributed by atoms with E-state index in [0.717, 1.165) is 84.6 Å². The summed E-state index contributed by atoms with van der Waals surface area (Å²) in [5, 5.41) is 0. The van der Waals surface area contributed by atoms with Crippen LogP contribution in [0.3, 0.4) is 0 Å². The second kappa shape index (κ2) is 14.8. The number of imidazole rings is 2. The number of benzene rings is 2. The van der Waals surface area contributed by atoms with Gasteiger partial charge >= 0.3 is 16.8 Å². The molecule has 0 atom stereocenters. The zero-order valence-corrected chi connectivity index (χ0v) is 25.4. The van der Waals surface area contributed by atoms with Crippen molar-refractivity contribution in [3.63, 3.8) is 0 Å². The summed E-state index contributed by atoms with van der Waals surface area (Å²) in [5.41, 5.74) is 5.94. The molecule has 0 bridgehead atoms. The van der Waals surface area contributed by atoms with Crippen LogP contribution in [0.1, 0.15) is 27.7 Å². The molecular weight excluding hydrogens is 576 g/mol. The fraction of sp³-hybridized carbons (Fsp3) is 0.345. The van der Waals surface area contributed by atoms with Crippen molar-refractivity contribution in [3.8, 4) is 23.0 Å². The zero-order chi connectivity index (χ0) is 25.1. The van der Waals surface area contributed by atoms with Crippen molar-refractivity contribution < 1.29 is 41.6 Å². The molecule has 0 amide bonds. The number of aromatic nitrogens is 5. The Hall–Kier alpha value is -2.46. The molecule has 39 heavy (non-hydrogen) atoms. The topological polar surface area (TPSA) is 55.0 Å². The Bertz CT molecular complexity index is 1370. The van der Waals surface area contributed by atoms with Gasteiger partial charge in [0, 0.05) is 0 Å². The molecule has 3 heterocycles. The molecule has 2 aromatic carbocycles. The van der Waals surface area contributed by atoms with Crippen molar-refractivity contribution in [2.24, 2.45) is 0 Å². The van der Waals surface area contributed by atoms with Crippen molar-refractivity contribution in [1.82, 2.24) is 33.9 Å². The Morgan fingerprint density at radius 3 is 1.31 bits per heavy atom. The van der Waals surface area contributed by atoms with Crippen molar-refractivity contribution in [2.75, 3.05) is 26.2 Å². The van der Waals surface area contributed by atoms with Gasteiger partial charge in [-0.15, -0.1) is 0 Å². The summed E-state index contributed by atoms with van der Waals surface area (Å²) < 4.78 is 4.57. The van der Waals surface area contributed by atoms with Gasteiger partial charge in [-0.2, -0.15) is 0 Å². The van der Waals surface area contributed by atoms with Gasteiger partial charge in [-0.3, -0.25) is 9.80 Å². The van der Waals surface area contributed by atoms with Crippen LogP contribution in [0.4, 0.5) is 0 Å². The second-order valence-electron chi connectivity index (χ2n) is 9.00. The summed E-state index contributed by atoms with van der Waals surface area (Å²) in [6, 6.07) is 22.8. The number of pyridine rings is 1. The molecule has 0 aliphatic rings. The van der Waals surface area contributed by atoms with E-state index in [0.29, 0.717) is 0 Å². The number of halogens is 2. The predicted octanol–water partition coefficient (Wildman–Crippen LogP) is -0.281. The third kappa shape index (κ3) is 6.65. The molecule has 7 nitrogen and oxygen atoms in total. The van der Waals surface area contributed by atoms with Crippen LogP contribution in [-0.4, -0.2) is 60.1 Å². The summed E-state index contributed by atoms with van der Waals surface area (Å²) in [6.07, 6.45) is 0. The fourth-order valence-corrected chi connectivity index (χ4v) is 4.76. The minimum absolute atomic E-state index is 0. The average molecular weight is 611 g/mol. The van der Waals surface area contributed by atoms with Crippen LogP contribution < -0.4 is 24.8 Å². The van der Waals surface area contributed by atoms with Crippen molar-refractivity contribution in [2.45, 2.75) is 41.0 Å². The molecule has 0 aliphatic carbocycles. The van der Waals surface area contributed by atoms with E-state index in [-0.39, 0.29) is 41.6 Å². The standard InChI is InChI=1S/C29H35N7.2ClH.Co/c1-5-33(6-2)20-35-26-18-11-9-14-22(26)31-28(35)24-16-13-17-25(30-24)29-32-23-15-10-12-19-27(23)36(29)21-34(7-3)8-4;;;/h9-19H,5-8,20-21H2,1-4H3;2*1H;/q;;;+2/p-2. The quantitative estimate of drug-likeness (QED) is 0.218. The van der Waals surface area contributed by atoms with Gasteiger partial charge in [0.2, 0.25) is 0 Å². The minimum Gasteiger partial charge on any atom is -1.00 e. The van der Waals surface area contributed by atoms with Crippen molar-refractivity contribution in [1.29, 1.82) is 0 Å². The van der Waals surface area contributed by atoms with Gasteiger partial charge < -0.3 is 33.9 Å². The van der Waals surface area contributed by atoms with Gasteiger partial charge in [-0.05, 0) is 62.6 Å². The average Bonchev–Trinajstić information content (AvgIpc) is 3.48. The van der Waals surface area contributed by atoms with Crippen molar-refractivity contribution in [3.05, 3.63) is 66.7 Å². The molecule has 1 radical (unpaired) electrons. The smallest absolute Gasteiger partial charge is 1.00 e. The Balaban J connectivity index is 0.00000178. The summed E-state index contributed by atoms with van der Waals surface area (Å²) in [5.74, 6) is 1.77. The molecule has 5 rings (SSSR count). The molecule has 0 unspecified atom stereocenters. The first kappa shape index (κ1) is 32.7. The molecule has 10 heteroatoms. The molecule has 0 aliphatic heterocycles. The van der Waals surface area contributed by atoms with Crippen LogP contribution in [-0.2, 0) is 30.1 Å². The van der Waals surface area contributed by atoms with E-state index in [4.69, 9.17) is 15.0 Å². The van der Waals surface area contributed by atoms with Gasteiger partial charge in [0.05, 0.1) is 35.4 Å². The van der Waals surface area contributed by atoms with E-state index in [1.165, 1.54) is 0 Å². The van der Waals surface area contributed by atoms with Crippen LogP contribution in [0.15, 0.2) is 66.7 Å². The minimum atomic E-state index is 0. The number of fused-ring (bicyclic) bond motifs is 2. The number of nitrogens with zero attached hydrogens (tertiary/aromatic N) is 7. The maximum absolute atomic E-state index is 5.14. The van der Waals surface area contributed by atoms with Crippen LogP contribution >= 0.6 is 0 Å². The van der Waals surface area contributed by atoms with Crippen LogP contribution in [0.2, 0.25) is 0 Å². The summed E-state index contributed by atoms with van der Waals surface area (Å²) in [4.78, 5) is 20.0. The Morgan fingerprint density at radius 2 is 0.923 bits per heavy atom. The fourth-order valence-electron chi connectivity index (χ4n) is 4.76. The van der Waals surface area contributed by atoms with E-state index in [1.807, 2.05) is 12.1 Å². The Morgan fingerprint density at radius 1 is 0.538 bits per heavy atom.